The first kappa shape index (κ1) is 20.6. The van der Waals surface area contributed by atoms with E-state index in [1.165, 1.54) is 5.56 Å². The molecule has 0 aromatic carbocycles. The Kier molecular flexibility index (Phi) is 19.5. The van der Waals surface area contributed by atoms with E-state index in [-0.39, 0.29) is 40.0 Å². The van der Waals surface area contributed by atoms with Gasteiger partial charge in [0, 0.05) is 6.20 Å². The average Bonchev–Trinajstić information content (AvgIpc) is 2.11. The van der Waals surface area contributed by atoms with Crippen molar-refractivity contribution in [1.29, 1.82) is 0 Å². The molecule has 1 heterocycles. The first-order valence-electron chi connectivity index (χ1n) is 4.74. The van der Waals surface area contributed by atoms with Crippen molar-refractivity contribution in [3.8, 4) is 0 Å². The van der Waals surface area contributed by atoms with Crippen LogP contribution in [0.3, 0.4) is 0 Å². The zero-order valence-electron chi connectivity index (χ0n) is 9.67. The second-order valence-corrected chi connectivity index (χ2v) is 2.84. The molecular formula is C11H19BrMgN2. The minimum atomic E-state index is 0. The predicted molar refractivity (Wildman–Crippen MR) is 64.0 cm³/mol. The zero-order chi connectivity index (χ0) is 10.1. The van der Waals surface area contributed by atoms with Crippen molar-refractivity contribution in [2.45, 2.75) is 33.1 Å². The van der Waals surface area contributed by atoms with Gasteiger partial charge in [-0.3, -0.25) is 0 Å². The standard InChI is InChI=1S/C8H12N2.C3H7.BrH.Mg/c1-2-3-7-4-5-8(9)10-6-7;1-3-2;;/h4-6H,2-3H2,1H3,(H2,9,10);1,3H2,2H3;1H;/q;-1;;+2/p-1. The first-order chi connectivity index (χ1) is 6.24. The third-order valence-corrected chi connectivity index (χ3v) is 1.39. The van der Waals surface area contributed by atoms with Gasteiger partial charge in [0.05, 0.1) is 0 Å². The van der Waals surface area contributed by atoms with E-state index in [1.54, 1.807) is 0 Å². The number of aryl methyl sites for hydroxylation is 1. The first-order valence-corrected chi connectivity index (χ1v) is 4.74. The summed E-state index contributed by atoms with van der Waals surface area (Å²) in [5.41, 5.74) is 6.67. The van der Waals surface area contributed by atoms with Crippen molar-refractivity contribution >= 4 is 28.9 Å². The Balaban J connectivity index is -0.000000260. The number of nitrogen functional groups attached to an aromatic ring is 1. The fourth-order valence-corrected chi connectivity index (χ4v) is 0.872. The van der Waals surface area contributed by atoms with E-state index < -0.39 is 0 Å². The Morgan fingerprint density at radius 2 is 1.87 bits per heavy atom. The number of pyridine rings is 1. The molecule has 1 aromatic heterocycles. The van der Waals surface area contributed by atoms with Crippen LogP contribution in [0.15, 0.2) is 18.3 Å². The summed E-state index contributed by atoms with van der Waals surface area (Å²) in [6.45, 7) is 7.65. The normalized spacial score (nSPS) is 7.67. The van der Waals surface area contributed by atoms with Crippen LogP contribution in [0.2, 0.25) is 0 Å². The summed E-state index contributed by atoms with van der Waals surface area (Å²) in [4.78, 5) is 3.98. The maximum absolute atomic E-state index is 5.41. The molecule has 0 saturated heterocycles. The molecule has 0 saturated carbocycles. The minimum absolute atomic E-state index is 0. The van der Waals surface area contributed by atoms with Gasteiger partial charge in [-0.15, -0.1) is 0 Å². The van der Waals surface area contributed by atoms with Crippen LogP contribution in [0.1, 0.15) is 32.3 Å². The maximum atomic E-state index is 5.41. The topological polar surface area (TPSA) is 38.9 Å². The van der Waals surface area contributed by atoms with Crippen LogP contribution < -0.4 is 22.7 Å². The third-order valence-electron chi connectivity index (χ3n) is 1.39. The molecule has 15 heavy (non-hydrogen) atoms. The summed E-state index contributed by atoms with van der Waals surface area (Å²) in [7, 11) is 0. The van der Waals surface area contributed by atoms with E-state index in [9.17, 15) is 0 Å². The summed E-state index contributed by atoms with van der Waals surface area (Å²) < 4.78 is 0. The van der Waals surface area contributed by atoms with E-state index in [0.717, 1.165) is 19.3 Å². The molecule has 1 aromatic rings. The largest absolute Gasteiger partial charge is 2.00 e. The van der Waals surface area contributed by atoms with Gasteiger partial charge >= 0.3 is 23.1 Å². The Morgan fingerprint density at radius 1 is 1.33 bits per heavy atom. The van der Waals surface area contributed by atoms with E-state index >= 15 is 0 Å². The fourth-order valence-electron chi connectivity index (χ4n) is 0.872. The van der Waals surface area contributed by atoms with Gasteiger partial charge in [-0.1, -0.05) is 26.3 Å². The van der Waals surface area contributed by atoms with Crippen LogP contribution in [-0.2, 0) is 6.42 Å². The predicted octanol–water partition coefficient (Wildman–Crippen LogP) is -0.530. The van der Waals surface area contributed by atoms with E-state index in [0.29, 0.717) is 5.82 Å². The molecule has 0 fully saturated rings. The van der Waals surface area contributed by atoms with Crippen LogP contribution in [0.5, 0.6) is 0 Å². The maximum Gasteiger partial charge on any atom is 2.00 e. The molecule has 2 N–H and O–H groups in total. The van der Waals surface area contributed by atoms with Crippen molar-refractivity contribution in [2.75, 3.05) is 5.73 Å². The molecule has 0 aliphatic heterocycles. The van der Waals surface area contributed by atoms with Crippen LogP contribution in [0.25, 0.3) is 0 Å². The smallest absolute Gasteiger partial charge is 1.00 e. The number of hydrogen-bond acceptors (Lipinski definition) is 2. The number of nitrogens with zero attached hydrogens (tertiary/aromatic N) is 1. The van der Waals surface area contributed by atoms with Crippen LogP contribution in [0, 0.1) is 6.92 Å². The molecule has 0 aliphatic carbocycles. The van der Waals surface area contributed by atoms with Gasteiger partial charge in [-0.25, -0.2) is 4.98 Å². The Hall–Kier alpha value is 0.196. The average molecular weight is 283 g/mol. The van der Waals surface area contributed by atoms with Gasteiger partial charge in [-0.05, 0) is 18.1 Å². The van der Waals surface area contributed by atoms with E-state index in [2.05, 4.69) is 18.8 Å². The Morgan fingerprint density at radius 3 is 2.20 bits per heavy atom. The van der Waals surface area contributed by atoms with Crippen molar-refractivity contribution < 1.29 is 17.0 Å². The van der Waals surface area contributed by atoms with Gasteiger partial charge in [0.2, 0.25) is 0 Å². The second kappa shape index (κ2) is 14.2. The number of halogens is 1. The summed E-state index contributed by atoms with van der Waals surface area (Å²) in [6, 6.07) is 3.86. The van der Waals surface area contributed by atoms with Crippen LogP contribution in [-0.4, -0.2) is 28.0 Å². The van der Waals surface area contributed by atoms with Crippen molar-refractivity contribution in [2.24, 2.45) is 0 Å². The summed E-state index contributed by atoms with van der Waals surface area (Å²) >= 11 is 0. The molecule has 0 unspecified atom stereocenters. The van der Waals surface area contributed by atoms with Gasteiger partial charge < -0.3 is 29.6 Å². The molecule has 0 aliphatic rings. The van der Waals surface area contributed by atoms with Gasteiger partial charge in [-0.2, -0.15) is 6.42 Å². The van der Waals surface area contributed by atoms with Crippen LogP contribution in [0.4, 0.5) is 5.82 Å². The molecule has 2 nitrogen and oxygen atoms in total. The minimum Gasteiger partial charge on any atom is -1.00 e. The summed E-state index contributed by atoms with van der Waals surface area (Å²) in [6.07, 6.45) is 5.08. The second-order valence-electron chi connectivity index (χ2n) is 2.84. The summed E-state index contributed by atoms with van der Waals surface area (Å²) in [5.74, 6) is 0.597. The molecular weight excluding hydrogens is 264 g/mol. The van der Waals surface area contributed by atoms with Crippen LogP contribution >= 0.6 is 0 Å². The monoisotopic (exact) mass is 282 g/mol. The molecule has 0 amide bonds. The Bertz CT molecular complexity index is 214. The van der Waals surface area contributed by atoms with Gasteiger partial charge in [0.1, 0.15) is 5.82 Å². The third kappa shape index (κ3) is 12.1. The van der Waals surface area contributed by atoms with Gasteiger partial charge in [0.15, 0.2) is 0 Å². The molecule has 1 rings (SSSR count). The van der Waals surface area contributed by atoms with Gasteiger partial charge in [0.25, 0.3) is 0 Å². The van der Waals surface area contributed by atoms with E-state index in [4.69, 9.17) is 5.73 Å². The van der Waals surface area contributed by atoms with Crippen molar-refractivity contribution in [3.63, 3.8) is 0 Å². The number of aromatic nitrogens is 1. The Labute approximate surface area is 120 Å². The number of anilines is 1. The quantitative estimate of drug-likeness (QED) is 0.585. The molecule has 0 radical (unpaired) electrons. The summed E-state index contributed by atoms with van der Waals surface area (Å²) in [5, 5.41) is 0. The van der Waals surface area contributed by atoms with Crippen molar-refractivity contribution in [1.82, 2.24) is 4.98 Å². The molecule has 4 heteroatoms. The number of hydrogen-bond donors (Lipinski definition) is 1. The number of nitrogens with two attached hydrogens (primary N) is 1. The molecule has 82 valence electrons. The zero-order valence-corrected chi connectivity index (χ0v) is 12.7. The molecule has 0 bridgehead atoms. The molecule has 0 atom stereocenters. The fraction of sp³-hybridized carbons (Fsp3) is 0.455. The van der Waals surface area contributed by atoms with E-state index in [1.807, 2.05) is 25.3 Å². The SMILES string of the molecule is CCCc1ccc(N)nc1.[Br-].[CH2-]CC.[Mg+2]. The van der Waals surface area contributed by atoms with Crippen molar-refractivity contribution in [3.05, 3.63) is 30.8 Å². The number of rotatable bonds is 2. The molecule has 0 spiro atoms.